The van der Waals surface area contributed by atoms with Crippen molar-refractivity contribution in [3.63, 3.8) is 0 Å². The van der Waals surface area contributed by atoms with E-state index in [4.69, 9.17) is 13.6 Å². The van der Waals surface area contributed by atoms with Crippen LogP contribution < -0.4 is 0 Å². The Labute approximate surface area is 107 Å². The highest BCUT2D eigenvalue weighted by molar-refractivity contribution is 6.77. The molecule has 3 aliphatic rings. The van der Waals surface area contributed by atoms with E-state index in [-0.39, 0.29) is 11.6 Å². The van der Waals surface area contributed by atoms with Gasteiger partial charge in [0.2, 0.25) is 11.6 Å². The fourth-order valence-electron chi connectivity index (χ4n) is 3.43. The number of ether oxygens (including phenoxy) is 2. The van der Waals surface area contributed by atoms with Gasteiger partial charge in [-0.25, -0.2) is 0 Å². The molecule has 2 aliphatic heterocycles. The van der Waals surface area contributed by atoms with Gasteiger partial charge in [-0.2, -0.15) is 0 Å². The molecule has 17 heavy (non-hydrogen) atoms. The zero-order valence-corrected chi connectivity index (χ0v) is 13.3. The summed E-state index contributed by atoms with van der Waals surface area (Å²) in [7, 11) is -2.00. The largest absolute Gasteiger partial charge is 0.456 e. The predicted molar refractivity (Wildman–Crippen MR) is 70.4 cm³/mol. The van der Waals surface area contributed by atoms with E-state index in [1.54, 1.807) is 0 Å². The van der Waals surface area contributed by atoms with Crippen LogP contribution in [0.4, 0.5) is 0 Å². The maximum Gasteiger partial charge on any atom is 0.232 e. The first-order chi connectivity index (χ1) is 7.89. The molecule has 3 fully saturated rings. The second-order valence-electron chi connectivity index (χ2n) is 6.52. The van der Waals surface area contributed by atoms with Gasteiger partial charge in [0.1, 0.15) is 0 Å². The number of hydrogen-bond donors (Lipinski definition) is 0. The van der Waals surface area contributed by atoms with E-state index in [1.807, 2.05) is 0 Å². The molecule has 3 nitrogen and oxygen atoms in total. The third kappa shape index (κ3) is 1.96. The van der Waals surface area contributed by atoms with Gasteiger partial charge in [-0.1, -0.05) is 0 Å². The SMILES string of the molecule is C[Si](C)O[Si](C)(C)CCC1CCCC23OC12O3. The lowest BCUT2D eigenvalue weighted by Crippen LogP contribution is -2.36. The first-order valence-corrected chi connectivity index (χ1v) is 12.3. The molecule has 1 radical (unpaired) electrons. The zero-order valence-electron chi connectivity index (χ0n) is 11.3. The van der Waals surface area contributed by atoms with Crippen LogP contribution in [-0.2, 0) is 13.6 Å². The zero-order chi connectivity index (χ0) is 12.3. The van der Waals surface area contributed by atoms with Crippen LogP contribution in [0.3, 0.4) is 0 Å². The molecule has 1 saturated carbocycles. The fourth-order valence-corrected chi connectivity index (χ4v) is 9.30. The van der Waals surface area contributed by atoms with E-state index in [9.17, 15) is 0 Å². The van der Waals surface area contributed by atoms with Crippen molar-refractivity contribution in [1.29, 1.82) is 0 Å². The normalized spacial score (nSPS) is 43.2. The van der Waals surface area contributed by atoms with E-state index in [0.717, 1.165) is 6.42 Å². The van der Waals surface area contributed by atoms with Crippen molar-refractivity contribution in [1.82, 2.24) is 0 Å². The van der Waals surface area contributed by atoms with Gasteiger partial charge < -0.3 is 13.6 Å². The Bertz CT molecular complexity index is 324. The van der Waals surface area contributed by atoms with Crippen molar-refractivity contribution < 1.29 is 13.6 Å². The van der Waals surface area contributed by atoms with E-state index in [1.165, 1.54) is 25.3 Å². The summed E-state index contributed by atoms with van der Waals surface area (Å²) in [5, 5.41) is 0. The second-order valence-corrected chi connectivity index (χ2v) is 13.2. The van der Waals surface area contributed by atoms with Crippen LogP contribution in [0.25, 0.3) is 0 Å². The highest BCUT2D eigenvalue weighted by Gasteiger charge is 2.93. The first-order valence-electron chi connectivity index (χ1n) is 6.79. The second kappa shape index (κ2) is 3.66. The van der Waals surface area contributed by atoms with Crippen molar-refractivity contribution in [3.8, 4) is 0 Å². The summed E-state index contributed by atoms with van der Waals surface area (Å²) in [5.41, 5.74) is 0. The summed E-state index contributed by atoms with van der Waals surface area (Å²) in [6, 6.07) is 1.25. The van der Waals surface area contributed by atoms with Crippen LogP contribution in [0.1, 0.15) is 25.7 Å². The van der Waals surface area contributed by atoms with Crippen LogP contribution in [0.5, 0.6) is 0 Å². The minimum atomic E-state index is -1.44. The molecule has 0 amide bonds. The van der Waals surface area contributed by atoms with Gasteiger partial charge in [0.25, 0.3) is 0 Å². The molecule has 0 aromatic carbocycles. The number of hydrogen-bond acceptors (Lipinski definition) is 3. The summed E-state index contributed by atoms with van der Waals surface area (Å²) in [6.07, 6.45) is 4.90. The van der Waals surface area contributed by atoms with Crippen LogP contribution in [0, 0.1) is 5.92 Å². The summed E-state index contributed by atoms with van der Waals surface area (Å²) in [4.78, 5) is 0. The Morgan fingerprint density at radius 1 is 1.35 bits per heavy atom. The van der Waals surface area contributed by atoms with Crippen molar-refractivity contribution in [3.05, 3.63) is 0 Å². The van der Waals surface area contributed by atoms with E-state index < -0.39 is 17.4 Å². The van der Waals surface area contributed by atoms with Crippen molar-refractivity contribution in [2.24, 2.45) is 5.92 Å². The van der Waals surface area contributed by atoms with E-state index in [0.29, 0.717) is 5.92 Å². The molecule has 0 aromatic heterocycles. The first kappa shape index (κ1) is 12.4. The standard InChI is InChI=1S/C12H23O3Si2/c1-16(2)15-17(3,4)9-7-10-6-5-8-11-12(10,13-11)14-11/h10H,5-9H2,1-4H3. The Balaban J connectivity index is 1.51. The topological polar surface area (TPSA) is 34.3 Å². The highest BCUT2D eigenvalue weighted by atomic mass is 28.4. The van der Waals surface area contributed by atoms with Crippen molar-refractivity contribution >= 4 is 17.4 Å². The van der Waals surface area contributed by atoms with Gasteiger partial charge in [-0.3, -0.25) is 0 Å². The summed E-state index contributed by atoms with van der Waals surface area (Å²) in [5.74, 6) is 0.436. The van der Waals surface area contributed by atoms with E-state index in [2.05, 4.69) is 26.2 Å². The maximum absolute atomic E-state index is 6.18. The molecule has 0 spiro atoms. The van der Waals surface area contributed by atoms with Crippen LogP contribution >= 0.6 is 0 Å². The Morgan fingerprint density at radius 3 is 2.71 bits per heavy atom. The Morgan fingerprint density at radius 2 is 2.06 bits per heavy atom. The molecular formula is C12H23O3Si2. The van der Waals surface area contributed by atoms with Crippen molar-refractivity contribution in [2.75, 3.05) is 0 Å². The van der Waals surface area contributed by atoms with Crippen LogP contribution in [0.15, 0.2) is 0 Å². The summed E-state index contributed by atoms with van der Waals surface area (Å²) >= 11 is 0. The molecule has 1 unspecified atom stereocenters. The maximum atomic E-state index is 6.18. The number of rotatable bonds is 5. The Hall–Kier alpha value is 0.314. The van der Waals surface area contributed by atoms with Gasteiger partial charge in [0.15, 0.2) is 17.4 Å². The molecule has 2 heterocycles. The molecule has 97 valence electrons. The lowest BCUT2D eigenvalue weighted by Gasteiger charge is -2.27. The van der Waals surface area contributed by atoms with Gasteiger partial charge >= 0.3 is 0 Å². The quantitative estimate of drug-likeness (QED) is 0.569. The van der Waals surface area contributed by atoms with E-state index >= 15 is 0 Å². The smallest absolute Gasteiger partial charge is 0.232 e. The van der Waals surface area contributed by atoms with Gasteiger partial charge in [0, 0.05) is 12.3 Å². The van der Waals surface area contributed by atoms with Gasteiger partial charge in [-0.15, -0.1) is 0 Å². The van der Waals surface area contributed by atoms with Gasteiger partial charge in [-0.05, 0) is 51.5 Å². The molecule has 5 heteroatoms. The lowest BCUT2D eigenvalue weighted by atomic mass is 9.87. The average Bonchev–Trinajstić information content (AvgIpc) is 2.97. The highest BCUT2D eigenvalue weighted by Crippen LogP contribution is 2.76. The Kier molecular flexibility index (Phi) is 2.66. The molecule has 1 atom stereocenters. The molecular weight excluding hydrogens is 248 g/mol. The minimum Gasteiger partial charge on any atom is -0.456 e. The molecule has 1 aliphatic carbocycles. The monoisotopic (exact) mass is 271 g/mol. The fraction of sp³-hybridized carbons (Fsp3) is 1.00. The summed E-state index contributed by atoms with van der Waals surface area (Å²) < 4.78 is 17.7. The minimum absolute atomic E-state index is 0.0903. The van der Waals surface area contributed by atoms with Crippen LogP contribution in [-0.4, -0.2) is 28.9 Å². The third-order valence-corrected chi connectivity index (χ3v) is 9.59. The molecule has 0 bridgehead atoms. The van der Waals surface area contributed by atoms with Crippen LogP contribution in [0.2, 0.25) is 32.2 Å². The van der Waals surface area contributed by atoms with Crippen molar-refractivity contribution in [2.45, 2.75) is 69.5 Å². The molecule has 3 rings (SSSR count). The lowest BCUT2D eigenvalue weighted by molar-refractivity contribution is -0.109. The molecule has 0 N–H and O–H groups in total. The predicted octanol–water partition coefficient (Wildman–Crippen LogP) is 3.10. The number of epoxide rings is 2. The third-order valence-electron chi connectivity index (χ3n) is 4.25. The average molecular weight is 271 g/mol. The summed E-state index contributed by atoms with van der Waals surface area (Å²) in [6.45, 7) is 9.16. The molecule has 2 saturated heterocycles. The molecule has 0 aromatic rings. The van der Waals surface area contributed by atoms with Gasteiger partial charge in [0.05, 0.1) is 0 Å².